The summed E-state index contributed by atoms with van der Waals surface area (Å²) in [5.41, 5.74) is 7.77. The summed E-state index contributed by atoms with van der Waals surface area (Å²) in [6.07, 6.45) is 1.33. The molecule has 0 bridgehead atoms. The van der Waals surface area contributed by atoms with Crippen LogP contribution in [0.4, 0.5) is 0 Å². The van der Waals surface area contributed by atoms with Crippen molar-refractivity contribution >= 4 is 23.4 Å². The highest BCUT2D eigenvalue weighted by molar-refractivity contribution is 7.10. The summed E-state index contributed by atoms with van der Waals surface area (Å²) in [6, 6.07) is 3.52. The molecule has 0 aliphatic carbocycles. The van der Waals surface area contributed by atoms with Gasteiger partial charge >= 0.3 is 5.97 Å². The molecule has 1 rings (SSSR count). The average molecular weight is 195 g/mol. The van der Waals surface area contributed by atoms with Crippen LogP contribution in [0.5, 0.6) is 0 Å². The topological polar surface area (TPSA) is 86.1 Å². The van der Waals surface area contributed by atoms with Crippen molar-refractivity contribution in [1.82, 2.24) is 0 Å². The normalized spacial score (nSPS) is 10.6. The van der Waals surface area contributed by atoms with E-state index in [9.17, 15) is 4.79 Å². The minimum Gasteiger partial charge on any atom is -0.478 e. The van der Waals surface area contributed by atoms with Crippen LogP contribution in [0.3, 0.4) is 0 Å². The average Bonchev–Trinajstić information content (AvgIpc) is 2.56. The summed E-state index contributed by atoms with van der Waals surface area (Å²) in [5, 5.41) is 13.4. The second-order valence-corrected chi connectivity index (χ2v) is 3.02. The summed E-state index contributed by atoms with van der Waals surface area (Å²) in [7, 11) is 0. The van der Waals surface area contributed by atoms with E-state index in [-0.39, 0.29) is 5.70 Å². The predicted octanol–water partition coefficient (Wildman–Crippen LogP) is 2.48. The van der Waals surface area contributed by atoms with E-state index in [4.69, 9.17) is 10.6 Å². The molecule has 0 aliphatic rings. The van der Waals surface area contributed by atoms with E-state index in [0.29, 0.717) is 0 Å². The molecule has 0 fully saturated rings. The number of nitrogens with zero attached hydrogens (tertiary/aromatic N) is 3. The lowest BCUT2D eigenvalue weighted by atomic mass is 10.3. The van der Waals surface area contributed by atoms with E-state index in [1.54, 1.807) is 17.5 Å². The first-order valence-electron chi connectivity index (χ1n) is 3.27. The Morgan fingerprint density at radius 1 is 1.77 bits per heavy atom. The zero-order valence-electron chi connectivity index (χ0n) is 6.41. The van der Waals surface area contributed by atoms with E-state index in [1.807, 2.05) is 0 Å². The van der Waals surface area contributed by atoms with Gasteiger partial charge in [-0.2, -0.15) is 0 Å². The summed E-state index contributed by atoms with van der Waals surface area (Å²) in [5.74, 6) is -1.23. The molecular weight excluding hydrogens is 190 g/mol. The maximum absolute atomic E-state index is 10.5. The maximum atomic E-state index is 10.5. The van der Waals surface area contributed by atoms with E-state index < -0.39 is 5.97 Å². The van der Waals surface area contributed by atoms with Crippen molar-refractivity contribution in [2.75, 3.05) is 0 Å². The molecule has 0 spiro atoms. The highest BCUT2D eigenvalue weighted by Gasteiger charge is 2.04. The SMILES string of the molecule is [N-]=[N+]=N/C(=C\c1cccs1)C(=O)O. The fraction of sp³-hybridized carbons (Fsp3) is 0. The van der Waals surface area contributed by atoms with Gasteiger partial charge in [0.2, 0.25) is 0 Å². The van der Waals surface area contributed by atoms with Gasteiger partial charge in [-0.25, -0.2) is 4.79 Å². The maximum Gasteiger partial charge on any atom is 0.338 e. The lowest BCUT2D eigenvalue weighted by Crippen LogP contribution is -1.95. The van der Waals surface area contributed by atoms with Gasteiger partial charge in [-0.05, 0) is 23.1 Å². The summed E-state index contributed by atoms with van der Waals surface area (Å²) in [6.45, 7) is 0. The van der Waals surface area contributed by atoms with Gasteiger partial charge in [0.05, 0.1) is 0 Å². The third-order valence-corrected chi connectivity index (χ3v) is 2.01. The number of carbonyl (C=O) groups is 1. The number of carboxylic acid groups (broad SMARTS) is 1. The van der Waals surface area contributed by atoms with E-state index in [1.165, 1.54) is 17.4 Å². The van der Waals surface area contributed by atoms with Crippen LogP contribution in [-0.4, -0.2) is 11.1 Å². The van der Waals surface area contributed by atoms with Crippen LogP contribution in [0.25, 0.3) is 16.5 Å². The van der Waals surface area contributed by atoms with Crippen LogP contribution in [-0.2, 0) is 4.79 Å². The standard InChI is InChI=1S/C7H5N3O2S/c8-10-9-6(7(11)12)4-5-2-1-3-13-5/h1-4H,(H,11,12)/b6-4-. The second-order valence-electron chi connectivity index (χ2n) is 2.04. The number of hydrogen-bond donors (Lipinski definition) is 1. The molecule has 6 heteroatoms. The Labute approximate surface area is 77.6 Å². The predicted molar refractivity (Wildman–Crippen MR) is 49.1 cm³/mol. The Balaban J connectivity index is 3.00. The fourth-order valence-electron chi connectivity index (χ4n) is 0.690. The Bertz CT molecular complexity index is 372. The van der Waals surface area contributed by atoms with Gasteiger partial charge in [0.25, 0.3) is 0 Å². The highest BCUT2D eigenvalue weighted by atomic mass is 32.1. The third kappa shape index (κ3) is 2.62. The molecule has 1 heterocycles. The van der Waals surface area contributed by atoms with E-state index in [2.05, 4.69) is 10.0 Å². The van der Waals surface area contributed by atoms with Crippen molar-refractivity contribution < 1.29 is 9.90 Å². The van der Waals surface area contributed by atoms with Crippen LogP contribution >= 0.6 is 11.3 Å². The minimum atomic E-state index is -1.23. The number of thiophene rings is 1. The Kier molecular flexibility index (Phi) is 3.08. The number of rotatable bonds is 3. The molecule has 5 nitrogen and oxygen atoms in total. The lowest BCUT2D eigenvalue weighted by molar-refractivity contribution is -0.132. The number of carboxylic acids is 1. The molecule has 1 N–H and O–H groups in total. The minimum absolute atomic E-state index is 0.301. The molecule has 1 aromatic heterocycles. The van der Waals surface area contributed by atoms with Crippen LogP contribution < -0.4 is 0 Å². The summed E-state index contributed by atoms with van der Waals surface area (Å²) >= 11 is 1.37. The first kappa shape index (κ1) is 9.31. The molecule has 0 saturated carbocycles. The van der Waals surface area contributed by atoms with Crippen molar-refractivity contribution in [1.29, 1.82) is 0 Å². The molecule has 0 aromatic carbocycles. The fourth-order valence-corrected chi connectivity index (χ4v) is 1.34. The molecule has 0 amide bonds. The number of azide groups is 1. The molecule has 66 valence electrons. The van der Waals surface area contributed by atoms with Gasteiger partial charge in [0.15, 0.2) is 0 Å². The quantitative estimate of drug-likeness (QED) is 0.347. The molecule has 13 heavy (non-hydrogen) atoms. The number of hydrogen-bond acceptors (Lipinski definition) is 3. The molecule has 1 aromatic rings. The lowest BCUT2D eigenvalue weighted by Gasteiger charge is -1.89. The van der Waals surface area contributed by atoms with E-state index >= 15 is 0 Å². The summed E-state index contributed by atoms with van der Waals surface area (Å²) in [4.78, 5) is 13.6. The van der Waals surface area contributed by atoms with Crippen molar-refractivity contribution in [3.8, 4) is 0 Å². The smallest absolute Gasteiger partial charge is 0.338 e. The van der Waals surface area contributed by atoms with Crippen molar-refractivity contribution in [3.63, 3.8) is 0 Å². The van der Waals surface area contributed by atoms with Crippen LogP contribution in [0.1, 0.15) is 4.88 Å². The monoisotopic (exact) mass is 195 g/mol. The van der Waals surface area contributed by atoms with Crippen molar-refractivity contribution in [3.05, 3.63) is 38.5 Å². The van der Waals surface area contributed by atoms with Gasteiger partial charge < -0.3 is 5.11 Å². The first-order valence-corrected chi connectivity index (χ1v) is 4.15. The van der Waals surface area contributed by atoms with Gasteiger partial charge in [-0.15, -0.1) is 11.3 Å². The summed E-state index contributed by atoms with van der Waals surface area (Å²) < 4.78 is 0. The zero-order chi connectivity index (χ0) is 9.68. The van der Waals surface area contributed by atoms with Crippen molar-refractivity contribution in [2.45, 2.75) is 0 Å². The molecule has 0 atom stereocenters. The molecule has 0 saturated heterocycles. The van der Waals surface area contributed by atoms with Gasteiger partial charge in [0.1, 0.15) is 5.70 Å². The Morgan fingerprint density at radius 3 is 3.00 bits per heavy atom. The Hall–Kier alpha value is -1.78. The zero-order valence-corrected chi connectivity index (χ0v) is 7.23. The van der Waals surface area contributed by atoms with Gasteiger partial charge in [0, 0.05) is 9.79 Å². The second kappa shape index (κ2) is 4.30. The van der Waals surface area contributed by atoms with Gasteiger partial charge in [-0.3, -0.25) is 0 Å². The third-order valence-electron chi connectivity index (χ3n) is 1.19. The molecule has 0 aliphatic heterocycles. The largest absolute Gasteiger partial charge is 0.478 e. The van der Waals surface area contributed by atoms with Gasteiger partial charge in [-0.1, -0.05) is 11.2 Å². The Morgan fingerprint density at radius 2 is 2.54 bits per heavy atom. The molecule has 0 unspecified atom stereocenters. The molecule has 0 radical (unpaired) electrons. The highest BCUT2D eigenvalue weighted by Crippen LogP contribution is 2.14. The van der Waals surface area contributed by atoms with Crippen LogP contribution in [0, 0.1) is 0 Å². The van der Waals surface area contributed by atoms with Crippen LogP contribution in [0.2, 0.25) is 0 Å². The van der Waals surface area contributed by atoms with Crippen molar-refractivity contribution in [2.24, 2.45) is 5.11 Å². The molecular formula is C7H5N3O2S. The first-order chi connectivity index (χ1) is 6.24. The number of aliphatic carboxylic acids is 1. The van der Waals surface area contributed by atoms with E-state index in [0.717, 1.165) is 4.88 Å². The van der Waals surface area contributed by atoms with Crippen LogP contribution in [0.15, 0.2) is 28.3 Å².